The summed E-state index contributed by atoms with van der Waals surface area (Å²) in [7, 11) is 0. The van der Waals surface area contributed by atoms with Gasteiger partial charge in [-0.15, -0.1) is 0 Å². The van der Waals surface area contributed by atoms with Gasteiger partial charge in [0.1, 0.15) is 11.5 Å². The van der Waals surface area contributed by atoms with Crippen LogP contribution < -0.4 is 9.64 Å². The molecule has 0 radical (unpaired) electrons. The molecule has 2 aliphatic heterocycles. The van der Waals surface area contributed by atoms with Gasteiger partial charge < -0.3 is 9.64 Å². The minimum absolute atomic E-state index is 0.351. The van der Waals surface area contributed by atoms with Gasteiger partial charge in [0.15, 0.2) is 0 Å². The zero-order valence-corrected chi connectivity index (χ0v) is 24.8. The number of fused-ring (bicyclic) bond motifs is 8. The predicted molar refractivity (Wildman–Crippen MR) is 184 cm³/mol. The van der Waals surface area contributed by atoms with Gasteiger partial charge in [-0.3, -0.25) is 0 Å². The summed E-state index contributed by atoms with van der Waals surface area (Å²) in [6, 6.07) is 52.8. The van der Waals surface area contributed by atoms with Crippen LogP contribution in [0.1, 0.15) is 22.3 Å². The minimum Gasteiger partial charge on any atom is -0.457 e. The lowest BCUT2D eigenvalue weighted by Crippen LogP contribution is -2.41. The molecule has 0 aromatic heterocycles. The molecule has 6 aromatic rings. The molecule has 214 valence electrons. The van der Waals surface area contributed by atoms with E-state index in [4.69, 9.17) is 4.74 Å². The van der Waals surface area contributed by atoms with Crippen LogP contribution in [-0.2, 0) is 5.41 Å². The Labute approximate surface area is 264 Å². The third-order valence-corrected chi connectivity index (χ3v) is 9.62. The second kappa shape index (κ2) is 10.2. The summed E-state index contributed by atoms with van der Waals surface area (Å²) in [4.78, 5) is 2.53. The lowest BCUT2D eigenvalue weighted by molar-refractivity contribution is 0.433. The first-order valence-electron chi connectivity index (χ1n) is 15.7. The van der Waals surface area contributed by atoms with Crippen LogP contribution >= 0.6 is 0 Å². The van der Waals surface area contributed by atoms with Gasteiger partial charge in [0.25, 0.3) is 0 Å². The molecule has 1 spiro atoms. The summed E-state index contributed by atoms with van der Waals surface area (Å²) in [6.07, 6.45) is 8.92. The minimum atomic E-state index is -0.594. The van der Waals surface area contributed by atoms with E-state index >= 15 is 0 Å². The molecule has 0 amide bonds. The number of hydrogen-bond donors (Lipinski definition) is 0. The van der Waals surface area contributed by atoms with Crippen molar-refractivity contribution in [1.29, 1.82) is 0 Å². The maximum Gasteiger partial charge on any atom is 0.132 e. The van der Waals surface area contributed by atoms with E-state index in [9.17, 15) is 0 Å². The van der Waals surface area contributed by atoms with E-state index < -0.39 is 5.41 Å². The van der Waals surface area contributed by atoms with Crippen LogP contribution in [0.4, 0.5) is 11.4 Å². The highest BCUT2D eigenvalue weighted by Crippen LogP contribution is 2.62. The molecule has 45 heavy (non-hydrogen) atoms. The topological polar surface area (TPSA) is 12.5 Å². The molecule has 0 saturated heterocycles. The number of rotatable bonds is 4. The zero-order chi connectivity index (χ0) is 29.8. The largest absolute Gasteiger partial charge is 0.457 e. The van der Waals surface area contributed by atoms with Crippen molar-refractivity contribution >= 4 is 11.4 Å². The lowest BCUT2D eigenvalue weighted by atomic mass is 9.60. The Morgan fingerprint density at radius 3 is 1.44 bits per heavy atom. The molecule has 2 heterocycles. The van der Waals surface area contributed by atoms with E-state index in [1.54, 1.807) is 0 Å². The van der Waals surface area contributed by atoms with E-state index in [-0.39, 0.29) is 0 Å². The van der Waals surface area contributed by atoms with Crippen LogP contribution in [0.5, 0.6) is 11.5 Å². The smallest absolute Gasteiger partial charge is 0.132 e. The van der Waals surface area contributed by atoms with Crippen molar-refractivity contribution in [3.8, 4) is 33.8 Å². The fourth-order valence-corrected chi connectivity index (χ4v) is 7.62. The number of ether oxygens (including phenoxy) is 1. The third kappa shape index (κ3) is 3.96. The third-order valence-electron chi connectivity index (χ3n) is 9.62. The highest BCUT2D eigenvalue weighted by molar-refractivity contribution is 5.87. The van der Waals surface area contributed by atoms with Crippen LogP contribution in [0.25, 0.3) is 22.3 Å². The van der Waals surface area contributed by atoms with Crippen LogP contribution in [-0.4, -0.2) is 6.54 Å². The zero-order valence-electron chi connectivity index (χ0n) is 24.8. The van der Waals surface area contributed by atoms with Crippen molar-refractivity contribution in [3.63, 3.8) is 0 Å². The molecule has 0 atom stereocenters. The summed E-state index contributed by atoms with van der Waals surface area (Å²) in [5.41, 5.74) is 11.5. The van der Waals surface area contributed by atoms with Crippen LogP contribution in [0.2, 0.25) is 0 Å². The molecule has 1 aliphatic carbocycles. The van der Waals surface area contributed by atoms with Crippen molar-refractivity contribution in [2.24, 2.45) is 5.92 Å². The number of allylic oxidation sites excluding steroid dienone is 2. The maximum absolute atomic E-state index is 6.82. The molecule has 0 fully saturated rings. The first-order valence-corrected chi connectivity index (χ1v) is 15.7. The van der Waals surface area contributed by atoms with Crippen LogP contribution in [0, 0.1) is 5.92 Å². The fraction of sp³-hybridized carbons (Fsp3) is 0.0698. The van der Waals surface area contributed by atoms with E-state index in [0.717, 1.165) is 18.0 Å². The fourth-order valence-electron chi connectivity index (χ4n) is 7.62. The van der Waals surface area contributed by atoms with E-state index in [1.165, 1.54) is 55.9 Å². The van der Waals surface area contributed by atoms with Gasteiger partial charge in [-0.1, -0.05) is 133 Å². The average molecular weight is 578 g/mol. The van der Waals surface area contributed by atoms with Crippen molar-refractivity contribution in [1.82, 2.24) is 0 Å². The van der Waals surface area contributed by atoms with Crippen LogP contribution in [0.15, 0.2) is 170 Å². The summed E-state index contributed by atoms with van der Waals surface area (Å²) in [5.74, 6) is 2.15. The molecule has 6 aromatic carbocycles. The monoisotopic (exact) mass is 577 g/mol. The van der Waals surface area contributed by atoms with Gasteiger partial charge in [-0.05, 0) is 69.8 Å². The molecule has 3 aliphatic rings. The first kappa shape index (κ1) is 25.9. The molecule has 0 N–H and O–H groups in total. The van der Waals surface area contributed by atoms with Gasteiger partial charge in [-0.25, -0.2) is 0 Å². The molecule has 2 nitrogen and oxygen atoms in total. The van der Waals surface area contributed by atoms with E-state index in [0.29, 0.717) is 5.92 Å². The molecule has 0 unspecified atom stereocenters. The standard InChI is InChI=1S/C43H31NO/c1-3-15-31(16-4-1)33-23-25-41-37(27-33)43(38-28-34(24-26-42(38)45-41)32-17-5-2-6-18-32)35-19-9-11-21-39(35)44(29-30-13-7-8-14-30)40-22-12-10-20-36(40)43/h1-28,30H,29H2. The molecular formula is C43H31NO. The first-order chi connectivity index (χ1) is 22.3. The lowest BCUT2D eigenvalue weighted by Gasteiger charge is -2.49. The number of benzene rings is 6. The molecule has 0 bridgehead atoms. The molecular weight excluding hydrogens is 546 g/mol. The average Bonchev–Trinajstić information content (AvgIpc) is 3.63. The van der Waals surface area contributed by atoms with Gasteiger partial charge in [-0.2, -0.15) is 0 Å². The maximum atomic E-state index is 6.82. The van der Waals surface area contributed by atoms with Gasteiger partial charge in [0.05, 0.1) is 5.41 Å². The van der Waals surface area contributed by atoms with Gasteiger partial charge in [0, 0.05) is 35.0 Å². The number of nitrogens with zero attached hydrogens (tertiary/aromatic N) is 1. The van der Waals surface area contributed by atoms with Crippen LogP contribution in [0.3, 0.4) is 0 Å². The summed E-state index contributed by atoms with van der Waals surface area (Å²) >= 11 is 0. The highest BCUT2D eigenvalue weighted by atomic mass is 16.5. The molecule has 2 heteroatoms. The molecule has 9 rings (SSSR count). The summed E-state index contributed by atoms with van der Waals surface area (Å²) in [6.45, 7) is 0.876. The normalized spacial score (nSPS) is 15.2. The summed E-state index contributed by atoms with van der Waals surface area (Å²) in [5, 5.41) is 0. The SMILES string of the molecule is C1=CC(CN2c3ccccc3C3(c4cc(-c5ccccc5)ccc4Oc4ccc(-c5ccccc5)cc43)c3ccccc32)C=C1. The Bertz CT molecular complexity index is 1970. The number of hydrogen-bond acceptors (Lipinski definition) is 2. The van der Waals surface area contributed by atoms with Crippen molar-refractivity contribution in [2.75, 3.05) is 11.4 Å². The second-order valence-electron chi connectivity index (χ2n) is 12.1. The second-order valence-corrected chi connectivity index (χ2v) is 12.1. The van der Waals surface area contributed by atoms with E-state index in [2.05, 4.69) is 175 Å². The highest BCUT2D eigenvalue weighted by Gasteiger charge is 2.51. The van der Waals surface area contributed by atoms with Crippen molar-refractivity contribution in [3.05, 3.63) is 192 Å². The van der Waals surface area contributed by atoms with Crippen molar-refractivity contribution in [2.45, 2.75) is 5.41 Å². The van der Waals surface area contributed by atoms with Gasteiger partial charge >= 0.3 is 0 Å². The van der Waals surface area contributed by atoms with Crippen molar-refractivity contribution < 1.29 is 4.74 Å². The Hall–Kier alpha value is -5.60. The molecule has 0 saturated carbocycles. The Morgan fingerprint density at radius 2 is 0.933 bits per heavy atom. The Balaban J connectivity index is 1.38. The van der Waals surface area contributed by atoms with Gasteiger partial charge in [0.2, 0.25) is 0 Å². The summed E-state index contributed by atoms with van der Waals surface area (Å²) < 4.78 is 6.82. The Morgan fingerprint density at radius 1 is 0.467 bits per heavy atom. The quantitative estimate of drug-likeness (QED) is 0.206. The van der Waals surface area contributed by atoms with E-state index in [1.807, 2.05) is 0 Å². The number of anilines is 2. The number of para-hydroxylation sites is 2. The Kier molecular flexibility index (Phi) is 5.89. The predicted octanol–water partition coefficient (Wildman–Crippen LogP) is 10.7.